The molecule has 0 bridgehead atoms. The summed E-state index contributed by atoms with van der Waals surface area (Å²) >= 11 is 11.8. The van der Waals surface area contributed by atoms with E-state index in [0.29, 0.717) is 0 Å². The van der Waals surface area contributed by atoms with Gasteiger partial charge in [-0.15, -0.1) is 0 Å². The highest BCUT2D eigenvalue weighted by Gasteiger charge is 2.18. The van der Waals surface area contributed by atoms with E-state index in [4.69, 9.17) is 28.3 Å². The van der Waals surface area contributed by atoms with Crippen LogP contribution in [0, 0.1) is 0 Å². The number of benzene rings is 1. The van der Waals surface area contributed by atoms with Crippen LogP contribution in [0.5, 0.6) is 0 Å². The van der Waals surface area contributed by atoms with Crippen LogP contribution in [-0.2, 0) is 10.0 Å². The van der Waals surface area contributed by atoms with E-state index in [2.05, 4.69) is 15.0 Å². The first kappa shape index (κ1) is 14.8. The van der Waals surface area contributed by atoms with Crippen LogP contribution in [0.4, 0.5) is 5.69 Å². The maximum absolute atomic E-state index is 11.8. The van der Waals surface area contributed by atoms with Gasteiger partial charge in [0.25, 0.3) is 5.91 Å². The molecule has 0 aliphatic heterocycles. The summed E-state index contributed by atoms with van der Waals surface area (Å²) in [7, 11) is -3.95. The number of sulfonamides is 1. The third-order valence-corrected chi connectivity index (χ3v) is 3.74. The molecular weight excluding hydrogens is 329 g/mol. The van der Waals surface area contributed by atoms with Gasteiger partial charge in [-0.1, -0.05) is 28.4 Å². The summed E-state index contributed by atoms with van der Waals surface area (Å²) in [5, 5.41) is 10.7. The van der Waals surface area contributed by atoms with Gasteiger partial charge in [0.2, 0.25) is 10.0 Å². The fourth-order valence-electron chi connectivity index (χ4n) is 1.34. The summed E-state index contributed by atoms with van der Waals surface area (Å²) in [5.74, 6) is -0.606. The van der Waals surface area contributed by atoms with Crippen LogP contribution in [-0.4, -0.2) is 19.5 Å². The SMILES string of the molecule is NS(=O)(=O)c1cc(Cl)c(NC(=O)c2ccon2)c(Cl)c1. The fourth-order valence-corrected chi connectivity index (χ4v) is 2.62. The lowest BCUT2D eigenvalue weighted by atomic mass is 10.3. The number of hydrogen-bond donors (Lipinski definition) is 2. The summed E-state index contributed by atoms with van der Waals surface area (Å²) < 4.78 is 26.9. The molecule has 0 saturated carbocycles. The summed E-state index contributed by atoms with van der Waals surface area (Å²) in [6, 6.07) is 3.51. The van der Waals surface area contributed by atoms with Gasteiger partial charge in [0.1, 0.15) is 6.26 Å². The zero-order valence-electron chi connectivity index (χ0n) is 9.63. The Morgan fingerprint density at radius 1 is 1.30 bits per heavy atom. The summed E-state index contributed by atoms with van der Waals surface area (Å²) in [6.07, 6.45) is 1.22. The molecule has 3 N–H and O–H groups in total. The summed E-state index contributed by atoms with van der Waals surface area (Å²) in [5.41, 5.74) is 0.0707. The average molecular weight is 336 g/mol. The van der Waals surface area contributed by atoms with Crippen LogP contribution in [0.15, 0.2) is 33.9 Å². The number of halogens is 2. The average Bonchev–Trinajstić information content (AvgIpc) is 2.85. The molecule has 0 saturated heterocycles. The van der Waals surface area contributed by atoms with Crippen molar-refractivity contribution in [3.8, 4) is 0 Å². The Hall–Kier alpha value is -1.61. The Kier molecular flexibility index (Phi) is 4.00. The first-order chi connectivity index (χ1) is 9.29. The minimum atomic E-state index is -3.95. The normalized spacial score (nSPS) is 11.3. The Labute approximate surface area is 123 Å². The van der Waals surface area contributed by atoms with E-state index in [1.807, 2.05) is 0 Å². The van der Waals surface area contributed by atoms with Crippen molar-refractivity contribution in [1.29, 1.82) is 0 Å². The van der Waals surface area contributed by atoms with Gasteiger partial charge in [-0.05, 0) is 12.1 Å². The number of nitrogens with zero attached hydrogens (tertiary/aromatic N) is 1. The third-order valence-electron chi connectivity index (χ3n) is 2.25. The predicted molar refractivity (Wildman–Crippen MR) is 72.3 cm³/mol. The number of anilines is 1. The van der Waals surface area contributed by atoms with Crippen molar-refractivity contribution in [2.24, 2.45) is 5.14 Å². The van der Waals surface area contributed by atoms with E-state index in [9.17, 15) is 13.2 Å². The second-order valence-corrected chi connectivity index (χ2v) is 6.02. The lowest BCUT2D eigenvalue weighted by Crippen LogP contribution is -2.15. The summed E-state index contributed by atoms with van der Waals surface area (Å²) in [6.45, 7) is 0. The van der Waals surface area contributed by atoms with E-state index in [0.717, 1.165) is 12.1 Å². The molecule has 7 nitrogen and oxygen atoms in total. The smallest absolute Gasteiger partial charge is 0.277 e. The highest BCUT2D eigenvalue weighted by Crippen LogP contribution is 2.33. The van der Waals surface area contributed by atoms with Crippen molar-refractivity contribution < 1.29 is 17.7 Å². The van der Waals surface area contributed by atoms with Crippen LogP contribution in [0.3, 0.4) is 0 Å². The van der Waals surface area contributed by atoms with Crippen molar-refractivity contribution in [2.45, 2.75) is 4.90 Å². The van der Waals surface area contributed by atoms with Crippen LogP contribution in [0.25, 0.3) is 0 Å². The Balaban J connectivity index is 2.37. The number of carbonyl (C=O) groups is 1. The lowest BCUT2D eigenvalue weighted by Gasteiger charge is -2.09. The molecule has 1 aromatic carbocycles. The maximum atomic E-state index is 11.8. The molecule has 0 aliphatic rings. The molecule has 106 valence electrons. The van der Waals surface area contributed by atoms with Gasteiger partial charge in [-0.2, -0.15) is 0 Å². The molecule has 0 aliphatic carbocycles. The Bertz CT molecular complexity index is 736. The minimum Gasteiger partial charge on any atom is -0.364 e. The maximum Gasteiger partial charge on any atom is 0.277 e. The number of nitrogens with two attached hydrogens (primary N) is 1. The molecule has 1 heterocycles. The van der Waals surface area contributed by atoms with Crippen molar-refractivity contribution in [3.05, 3.63) is 40.2 Å². The van der Waals surface area contributed by atoms with E-state index in [1.54, 1.807) is 0 Å². The molecule has 0 fully saturated rings. The number of aromatic nitrogens is 1. The van der Waals surface area contributed by atoms with Crippen LogP contribution >= 0.6 is 23.2 Å². The molecule has 1 amide bonds. The van der Waals surface area contributed by atoms with E-state index in [-0.39, 0.29) is 26.3 Å². The Morgan fingerprint density at radius 3 is 2.35 bits per heavy atom. The number of carbonyl (C=O) groups excluding carboxylic acids is 1. The number of amides is 1. The number of primary sulfonamides is 1. The zero-order valence-corrected chi connectivity index (χ0v) is 12.0. The highest BCUT2D eigenvalue weighted by atomic mass is 35.5. The van der Waals surface area contributed by atoms with E-state index < -0.39 is 15.9 Å². The molecule has 0 radical (unpaired) electrons. The third kappa shape index (κ3) is 3.10. The van der Waals surface area contributed by atoms with Gasteiger partial charge < -0.3 is 9.84 Å². The molecule has 1 aromatic heterocycles. The molecule has 0 unspecified atom stereocenters. The van der Waals surface area contributed by atoms with Gasteiger partial charge in [-0.25, -0.2) is 13.6 Å². The molecule has 20 heavy (non-hydrogen) atoms. The first-order valence-electron chi connectivity index (χ1n) is 5.02. The minimum absolute atomic E-state index is 0.0210. The second-order valence-electron chi connectivity index (χ2n) is 3.65. The topological polar surface area (TPSA) is 115 Å². The molecular formula is C10H7Cl2N3O4S. The van der Waals surface area contributed by atoms with E-state index in [1.165, 1.54) is 12.3 Å². The fraction of sp³-hybridized carbons (Fsp3) is 0. The van der Waals surface area contributed by atoms with Crippen LogP contribution in [0.1, 0.15) is 10.5 Å². The first-order valence-corrected chi connectivity index (χ1v) is 7.33. The molecule has 2 rings (SSSR count). The quantitative estimate of drug-likeness (QED) is 0.888. The van der Waals surface area contributed by atoms with Crippen LogP contribution < -0.4 is 10.5 Å². The van der Waals surface area contributed by atoms with Gasteiger partial charge >= 0.3 is 0 Å². The number of hydrogen-bond acceptors (Lipinski definition) is 5. The number of nitrogens with one attached hydrogen (secondary N) is 1. The largest absolute Gasteiger partial charge is 0.364 e. The lowest BCUT2D eigenvalue weighted by molar-refractivity contribution is 0.101. The van der Waals surface area contributed by atoms with Crippen molar-refractivity contribution in [2.75, 3.05) is 5.32 Å². The standard InChI is InChI=1S/C10H7Cl2N3O4S/c11-6-3-5(20(13,17)18)4-7(12)9(6)14-10(16)8-1-2-19-15-8/h1-4H,(H,14,16)(H2,13,17,18). The molecule has 0 atom stereocenters. The van der Waals surface area contributed by atoms with E-state index >= 15 is 0 Å². The monoisotopic (exact) mass is 335 g/mol. The molecule has 10 heteroatoms. The number of rotatable bonds is 3. The molecule has 0 spiro atoms. The van der Waals surface area contributed by atoms with Crippen molar-refractivity contribution in [3.63, 3.8) is 0 Å². The summed E-state index contributed by atoms with van der Waals surface area (Å²) in [4.78, 5) is 11.5. The van der Waals surface area contributed by atoms with Crippen LogP contribution in [0.2, 0.25) is 10.0 Å². The highest BCUT2D eigenvalue weighted by molar-refractivity contribution is 7.89. The van der Waals surface area contributed by atoms with Crippen molar-refractivity contribution >= 4 is 44.8 Å². The predicted octanol–water partition coefficient (Wildman–Crippen LogP) is 1.88. The van der Waals surface area contributed by atoms with Gasteiger partial charge in [0.05, 0.1) is 20.6 Å². The Morgan fingerprint density at radius 2 is 1.90 bits per heavy atom. The molecule has 2 aromatic rings. The van der Waals surface area contributed by atoms with Gasteiger partial charge in [0.15, 0.2) is 5.69 Å². The van der Waals surface area contributed by atoms with Gasteiger partial charge in [0, 0.05) is 6.07 Å². The second kappa shape index (κ2) is 5.41. The van der Waals surface area contributed by atoms with Gasteiger partial charge in [-0.3, -0.25) is 4.79 Å². The van der Waals surface area contributed by atoms with Crippen molar-refractivity contribution in [1.82, 2.24) is 5.16 Å². The zero-order chi connectivity index (χ0) is 14.9.